The molecule has 6 nitrogen and oxygen atoms in total. The van der Waals surface area contributed by atoms with Crippen LogP contribution in [0, 0.1) is 5.82 Å². The summed E-state index contributed by atoms with van der Waals surface area (Å²) in [6, 6.07) is 23.6. The molecule has 5 rings (SSSR count). The van der Waals surface area contributed by atoms with Crippen LogP contribution in [0.3, 0.4) is 0 Å². The maximum absolute atomic E-state index is 13.8. The first-order chi connectivity index (χ1) is 17.5. The van der Waals surface area contributed by atoms with Crippen molar-refractivity contribution in [3.8, 4) is 11.4 Å². The summed E-state index contributed by atoms with van der Waals surface area (Å²) in [7, 11) is 0. The molecule has 0 aliphatic carbocycles. The molecule has 0 spiro atoms. The van der Waals surface area contributed by atoms with E-state index < -0.39 is 6.04 Å². The Hall–Kier alpha value is -4.26. The van der Waals surface area contributed by atoms with Crippen LogP contribution in [0.25, 0.3) is 17.0 Å². The van der Waals surface area contributed by atoms with E-state index in [1.165, 1.54) is 17.7 Å². The summed E-state index contributed by atoms with van der Waals surface area (Å²) in [6.07, 6.45) is 1.63. The third-order valence-electron chi connectivity index (χ3n) is 6.52. The fourth-order valence-electron chi connectivity index (χ4n) is 4.49. The first-order valence-electron chi connectivity index (χ1n) is 12.0. The molecule has 182 valence electrons. The zero-order valence-electron chi connectivity index (χ0n) is 20.2. The topological polar surface area (TPSA) is 71.3 Å². The van der Waals surface area contributed by atoms with Gasteiger partial charge in [0.2, 0.25) is 5.82 Å². The highest BCUT2D eigenvalue weighted by molar-refractivity contribution is 5.86. The van der Waals surface area contributed by atoms with Crippen molar-refractivity contribution < 1.29 is 13.7 Å². The summed E-state index contributed by atoms with van der Waals surface area (Å²) in [6.45, 7) is 4.50. The monoisotopic (exact) mass is 482 g/mol. The fraction of sp³-hybridized carbons (Fsp3) is 0.207. The number of halogens is 1. The van der Waals surface area contributed by atoms with Crippen LogP contribution in [0.5, 0.6) is 0 Å². The van der Waals surface area contributed by atoms with Gasteiger partial charge in [-0.25, -0.2) is 9.18 Å². The Morgan fingerprint density at radius 2 is 1.78 bits per heavy atom. The lowest BCUT2D eigenvalue weighted by atomic mass is 9.93. The molecule has 0 fully saturated rings. The molecule has 1 N–H and O–H groups in total. The van der Waals surface area contributed by atoms with Crippen LogP contribution in [-0.2, 0) is 12.8 Å². The SMILES string of the molecule is CCc1ccc(C2NC(=O)N(CCc3ccccc3)C(C)=C2c2nc(-c3cccc(F)c3)no2)cc1. The zero-order chi connectivity index (χ0) is 25.1. The van der Waals surface area contributed by atoms with Crippen LogP contribution in [0.2, 0.25) is 0 Å². The molecule has 4 aromatic rings. The number of amides is 2. The minimum absolute atomic E-state index is 0.179. The quantitative estimate of drug-likeness (QED) is 0.342. The van der Waals surface area contributed by atoms with Crippen LogP contribution < -0.4 is 5.32 Å². The van der Waals surface area contributed by atoms with Gasteiger partial charge in [0, 0.05) is 17.8 Å². The van der Waals surface area contributed by atoms with Crippen molar-refractivity contribution in [2.75, 3.05) is 6.54 Å². The number of aryl methyl sites for hydroxylation is 1. The average molecular weight is 483 g/mol. The lowest BCUT2D eigenvalue weighted by Crippen LogP contribution is -2.46. The molecular weight excluding hydrogens is 455 g/mol. The van der Waals surface area contributed by atoms with Crippen molar-refractivity contribution in [3.63, 3.8) is 0 Å². The van der Waals surface area contributed by atoms with Crippen molar-refractivity contribution in [2.24, 2.45) is 0 Å². The molecule has 0 radical (unpaired) electrons. The Kier molecular flexibility index (Phi) is 6.62. The number of carbonyl (C=O) groups is 1. The third-order valence-corrected chi connectivity index (χ3v) is 6.52. The Balaban J connectivity index is 1.54. The molecule has 1 aromatic heterocycles. The molecule has 0 saturated carbocycles. The van der Waals surface area contributed by atoms with Gasteiger partial charge in [-0.3, -0.25) is 4.90 Å². The number of hydrogen-bond acceptors (Lipinski definition) is 4. The lowest BCUT2D eigenvalue weighted by molar-refractivity contribution is 0.205. The van der Waals surface area contributed by atoms with Gasteiger partial charge in [-0.1, -0.05) is 78.8 Å². The van der Waals surface area contributed by atoms with Gasteiger partial charge in [0.15, 0.2) is 0 Å². The molecule has 1 unspecified atom stereocenters. The van der Waals surface area contributed by atoms with E-state index in [0.29, 0.717) is 24.4 Å². The number of aromatic nitrogens is 2. The number of nitrogens with one attached hydrogen (secondary N) is 1. The summed E-state index contributed by atoms with van der Waals surface area (Å²) in [5.74, 6) is 0.207. The van der Waals surface area contributed by atoms with Gasteiger partial charge in [0.1, 0.15) is 5.82 Å². The van der Waals surface area contributed by atoms with Gasteiger partial charge < -0.3 is 9.84 Å². The predicted octanol–water partition coefficient (Wildman–Crippen LogP) is 6.18. The molecule has 1 aliphatic heterocycles. The standard InChI is InChI=1S/C29H27FN4O2/c1-3-20-12-14-22(15-13-20)26-25(28-32-27(33-36-28)23-10-7-11-24(30)18-23)19(2)34(29(35)31-26)17-16-21-8-5-4-6-9-21/h4-15,18,26H,3,16-17H2,1-2H3,(H,31,35). The first-order valence-corrected chi connectivity index (χ1v) is 12.0. The van der Waals surface area contributed by atoms with E-state index in [0.717, 1.165) is 28.8 Å². The van der Waals surface area contributed by atoms with Crippen molar-refractivity contribution in [2.45, 2.75) is 32.7 Å². The molecule has 0 bridgehead atoms. The molecular formula is C29H27FN4O2. The van der Waals surface area contributed by atoms with Crippen LogP contribution >= 0.6 is 0 Å². The fourth-order valence-corrected chi connectivity index (χ4v) is 4.49. The minimum atomic E-state index is -0.461. The average Bonchev–Trinajstić information content (AvgIpc) is 3.39. The van der Waals surface area contributed by atoms with Gasteiger partial charge in [-0.15, -0.1) is 0 Å². The van der Waals surface area contributed by atoms with Crippen LogP contribution in [-0.4, -0.2) is 27.6 Å². The Morgan fingerprint density at radius 3 is 2.50 bits per heavy atom. The van der Waals surface area contributed by atoms with E-state index in [1.807, 2.05) is 49.4 Å². The maximum atomic E-state index is 13.8. The highest BCUT2D eigenvalue weighted by Crippen LogP contribution is 2.37. The van der Waals surface area contributed by atoms with E-state index >= 15 is 0 Å². The normalized spacial score (nSPS) is 15.8. The number of hydrogen-bond donors (Lipinski definition) is 1. The van der Waals surface area contributed by atoms with Gasteiger partial charge in [-0.2, -0.15) is 4.98 Å². The molecule has 1 atom stereocenters. The highest BCUT2D eigenvalue weighted by Gasteiger charge is 2.35. The summed E-state index contributed by atoms with van der Waals surface area (Å²) in [5, 5.41) is 7.25. The van der Waals surface area contributed by atoms with Crippen LogP contribution in [0.1, 0.15) is 42.5 Å². The van der Waals surface area contributed by atoms with Crippen LogP contribution in [0.4, 0.5) is 9.18 Å². The van der Waals surface area contributed by atoms with Gasteiger partial charge in [0.25, 0.3) is 5.89 Å². The van der Waals surface area contributed by atoms with Gasteiger partial charge in [0.05, 0.1) is 11.6 Å². The Bertz CT molecular complexity index is 1400. The highest BCUT2D eigenvalue weighted by atomic mass is 19.1. The molecule has 2 amide bonds. The molecule has 3 aromatic carbocycles. The van der Waals surface area contributed by atoms with Crippen molar-refractivity contribution in [3.05, 3.63) is 113 Å². The lowest BCUT2D eigenvalue weighted by Gasteiger charge is -2.35. The summed E-state index contributed by atoms with van der Waals surface area (Å²) >= 11 is 0. The molecule has 36 heavy (non-hydrogen) atoms. The number of urea groups is 1. The summed E-state index contributed by atoms with van der Waals surface area (Å²) in [4.78, 5) is 19.6. The van der Waals surface area contributed by atoms with E-state index in [1.54, 1.807) is 17.0 Å². The number of carbonyl (C=O) groups excluding carboxylic acids is 1. The van der Waals surface area contributed by atoms with Crippen molar-refractivity contribution in [1.82, 2.24) is 20.4 Å². The number of allylic oxidation sites excluding steroid dienone is 1. The van der Waals surface area contributed by atoms with Gasteiger partial charge >= 0.3 is 6.03 Å². The molecule has 1 aliphatic rings. The number of nitrogens with zero attached hydrogens (tertiary/aromatic N) is 3. The second kappa shape index (κ2) is 10.2. The van der Waals surface area contributed by atoms with E-state index in [-0.39, 0.29) is 17.7 Å². The van der Waals surface area contributed by atoms with E-state index in [9.17, 15) is 9.18 Å². The molecule has 2 heterocycles. The Labute approximate surface area is 209 Å². The van der Waals surface area contributed by atoms with Crippen molar-refractivity contribution >= 4 is 11.6 Å². The first kappa shape index (κ1) is 23.5. The smallest absolute Gasteiger partial charge is 0.322 e. The van der Waals surface area contributed by atoms with E-state index in [2.05, 4.69) is 34.5 Å². The summed E-state index contributed by atoms with van der Waals surface area (Å²) < 4.78 is 19.5. The minimum Gasteiger partial charge on any atom is -0.334 e. The second-order valence-electron chi connectivity index (χ2n) is 8.80. The third kappa shape index (κ3) is 4.77. The van der Waals surface area contributed by atoms with Crippen molar-refractivity contribution in [1.29, 1.82) is 0 Å². The molecule has 0 saturated heterocycles. The second-order valence-corrected chi connectivity index (χ2v) is 8.80. The number of benzene rings is 3. The van der Waals surface area contributed by atoms with E-state index in [4.69, 9.17) is 4.52 Å². The largest absolute Gasteiger partial charge is 0.334 e. The van der Waals surface area contributed by atoms with Crippen LogP contribution in [0.15, 0.2) is 89.1 Å². The Morgan fingerprint density at radius 1 is 1.00 bits per heavy atom. The summed E-state index contributed by atoms with van der Waals surface area (Å²) in [5.41, 5.74) is 5.26. The zero-order valence-corrected chi connectivity index (χ0v) is 20.2. The van der Waals surface area contributed by atoms with Gasteiger partial charge in [-0.05, 0) is 48.6 Å². The molecule has 7 heteroatoms. The maximum Gasteiger partial charge on any atom is 0.322 e. The number of rotatable bonds is 7. The predicted molar refractivity (Wildman–Crippen MR) is 136 cm³/mol.